The van der Waals surface area contributed by atoms with Crippen molar-refractivity contribution in [3.8, 4) is 0 Å². The number of esters is 4. The van der Waals surface area contributed by atoms with Crippen LogP contribution in [0.4, 0.5) is 0 Å². The lowest BCUT2D eigenvalue weighted by atomic mass is 10.1. The van der Waals surface area contributed by atoms with Crippen LogP contribution in [0.2, 0.25) is 0 Å². The second kappa shape index (κ2) is 80.0. The maximum Gasteiger partial charge on any atom is 0.472 e. The molecule has 0 saturated heterocycles. The third-order valence-corrected chi connectivity index (χ3v) is 19.2. The van der Waals surface area contributed by atoms with E-state index >= 15 is 0 Å². The number of aliphatic hydroxyl groups is 1. The highest BCUT2D eigenvalue weighted by Crippen LogP contribution is 2.45. The molecule has 0 rings (SSSR count). The van der Waals surface area contributed by atoms with Crippen LogP contribution < -0.4 is 0 Å². The molecule has 0 aromatic heterocycles. The Bertz CT molecular complexity index is 2610. The molecule has 0 fully saturated rings. The molecule has 0 bridgehead atoms. The fourth-order valence-electron chi connectivity index (χ4n) is 10.9. The van der Waals surface area contributed by atoms with E-state index in [1.165, 1.54) is 57.8 Å². The Labute approximate surface area is 656 Å². The van der Waals surface area contributed by atoms with Gasteiger partial charge in [0, 0.05) is 25.7 Å². The van der Waals surface area contributed by atoms with Crippen molar-refractivity contribution in [1.29, 1.82) is 0 Å². The molecule has 0 amide bonds. The van der Waals surface area contributed by atoms with Crippen LogP contribution in [0.15, 0.2) is 146 Å². The molecule has 0 aliphatic carbocycles. The number of allylic oxidation sites excluding steroid dienone is 24. The van der Waals surface area contributed by atoms with Crippen molar-refractivity contribution in [3.63, 3.8) is 0 Å². The molecule has 0 aliphatic rings. The molecule has 17 nitrogen and oxygen atoms in total. The van der Waals surface area contributed by atoms with Gasteiger partial charge in [-0.3, -0.25) is 37.3 Å². The molecule has 0 spiro atoms. The molecule has 0 aromatic carbocycles. The van der Waals surface area contributed by atoms with E-state index in [1.54, 1.807) is 0 Å². The average Bonchev–Trinajstić information content (AvgIpc) is 0.923. The van der Waals surface area contributed by atoms with Gasteiger partial charge in [-0.25, -0.2) is 9.13 Å². The van der Waals surface area contributed by atoms with Gasteiger partial charge in [-0.05, 0) is 167 Å². The molecule has 0 radical (unpaired) electrons. The Morgan fingerprint density at radius 1 is 0.269 bits per heavy atom. The highest BCUT2D eigenvalue weighted by atomic mass is 31.2. The van der Waals surface area contributed by atoms with Crippen LogP contribution in [-0.2, 0) is 65.4 Å². The average molecular weight is 1550 g/mol. The van der Waals surface area contributed by atoms with Crippen molar-refractivity contribution in [2.75, 3.05) is 39.6 Å². The lowest BCUT2D eigenvalue weighted by Gasteiger charge is -2.21. The van der Waals surface area contributed by atoms with E-state index in [9.17, 15) is 43.2 Å². The van der Waals surface area contributed by atoms with Gasteiger partial charge in [0.25, 0.3) is 0 Å². The van der Waals surface area contributed by atoms with Gasteiger partial charge in [0.2, 0.25) is 0 Å². The van der Waals surface area contributed by atoms with Gasteiger partial charge >= 0.3 is 39.5 Å². The first kappa shape index (κ1) is 103. The number of hydrogen-bond acceptors (Lipinski definition) is 15. The zero-order valence-corrected chi connectivity index (χ0v) is 69.5. The van der Waals surface area contributed by atoms with E-state index in [1.807, 2.05) is 0 Å². The standard InChI is InChI=1S/C89H150O17P2/c1-5-9-13-17-21-25-29-33-37-39-41-43-47-49-53-57-61-65-69-73-86(91)99-79-84(105-88(93)75-71-67-63-59-55-51-45-35-31-27-23-19-15-11-7-3)81-103-107(95,96)101-77-83(90)78-102-108(97,98)104-82-85(106-89(94)76-72-68-64-60-56-52-46-36-32-28-24-20-16-12-8-4)80-100-87(92)74-70-66-62-58-54-50-48-44-42-40-38-34-30-26-22-18-14-10-6-2/h9-10,13-14,21-23,25-27,33-38,41-46,50,54,83-85,90H,5-8,11-12,15-20,24,28-32,39-40,47-49,51-53,55-82H2,1-4H3,(H,95,96)(H,97,98)/b13-9-,14-10-,25-21-,26-22-,27-23-,37-33-,38-34-,43-41-,44-42-,45-35-,46-36-,54-50-. The van der Waals surface area contributed by atoms with Crippen LogP contribution in [0.1, 0.15) is 336 Å². The summed E-state index contributed by atoms with van der Waals surface area (Å²) in [4.78, 5) is 73.2. The Morgan fingerprint density at radius 3 is 0.778 bits per heavy atom. The molecular weight excluding hydrogens is 1400 g/mol. The summed E-state index contributed by atoms with van der Waals surface area (Å²) in [7, 11) is -9.99. The van der Waals surface area contributed by atoms with Gasteiger partial charge in [-0.2, -0.15) is 0 Å². The van der Waals surface area contributed by atoms with Gasteiger partial charge in [0.1, 0.15) is 19.3 Å². The van der Waals surface area contributed by atoms with Crippen molar-refractivity contribution in [3.05, 3.63) is 146 Å². The van der Waals surface area contributed by atoms with E-state index in [2.05, 4.69) is 174 Å². The van der Waals surface area contributed by atoms with E-state index in [0.717, 1.165) is 199 Å². The first-order valence-corrected chi connectivity index (χ1v) is 45.1. The second-order valence-corrected chi connectivity index (χ2v) is 30.6. The largest absolute Gasteiger partial charge is 0.472 e. The number of rotatable bonds is 78. The maximum atomic E-state index is 13.1. The lowest BCUT2D eigenvalue weighted by molar-refractivity contribution is -0.161. The Hall–Kier alpha value is -5.06. The number of aliphatic hydroxyl groups excluding tert-OH is 1. The van der Waals surface area contributed by atoms with E-state index in [-0.39, 0.29) is 25.7 Å². The van der Waals surface area contributed by atoms with Crippen molar-refractivity contribution in [2.24, 2.45) is 0 Å². The number of phosphoric ester groups is 2. The van der Waals surface area contributed by atoms with Crippen LogP contribution in [0.5, 0.6) is 0 Å². The summed E-state index contributed by atoms with van der Waals surface area (Å²) < 4.78 is 68.7. The summed E-state index contributed by atoms with van der Waals surface area (Å²) in [5.74, 6) is -2.25. The number of ether oxygens (including phenoxy) is 4. The minimum Gasteiger partial charge on any atom is -0.462 e. The third-order valence-electron chi connectivity index (χ3n) is 17.3. The minimum absolute atomic E-state index is 0.0714. The third kappa shape index (κ3) is 79.0. The number of phosphoric acid groups is 2. The molecule has 19 heteroatoms. The van der Waals surface area contributed by atoms with E-state index in [0.29, 0.717) is 25.7 Å². The molecule has 0 heterocycles. The first-order chi connectivity index (χ1) is 52.7. The SMILES string of the molecule is CC/C=C\C/C=C\C/C=C\C/C=C\C/C=C\CCCCCC(=O)OCC(COP(=O)(O)OCC(O)COP(=O)(O)OCC(COC(=O)CCCCCCCC/C=C\C/C=C\C/C=C\C/C=C\CC)OC(=O)CCCCCCC/C=C\C/C=C\CCCCC)OC(=O)CCCCCCC/C=C\CCCCCCCC. The summed E-state index contributed by atoms with van der Waals surface area (Å²) in [5.41, 5.74) is 0. The first-order valence-electron chi connectivity index (χ1n) is 42.1. The fraction of sp³-hybridized carbons (Fsp3) is 0.685. The quantitative estimate of drug-likeness (QED) is 0.0169. The Morgan fingerprint density at radius 2 is 0.481 bits per heavy atom. The molecular formula is C89H150O17P2. The zero-order chi connectivity index (χ0) is 78.9. The smallest absolute Gasteiger partial charge is 0.462 e. The molecule has 0 aliphatic heterocycles. The van der Waals surface area contributed by atoms with Crippen LogP contribution in [0, 0.1) is 0 Å². The van der Waals surface area contributed by atoms with Gasteiger partial charge in [0.15, 0.2) is 12.2 Å². The number of hydrogen-bond donors (Lipinski definition) is 3. The number of unbranched alkanes of at least 4 members (excludes halogenated alkanes) is 28. The molecule has 5 atom stereocenters. The summed E-state index contributed by atoms with van der Waals surface area (Å²) >= 11 is 0. The molecule has 618 valence electrons. The van der Waals surface area contributed by atoms with Gasteiger partial charge in [-0.1, -0.05) is 289 Å². The van der Waals surface area contributed by atoms with Crippen molar-refractivity contribution < 1.29 is 80.2 Å². The van der Waals surface area contributed by atoms with Crippen molar-refractivity contribution in [2.45, 2.75) is 354 Å². The normalized spacial score (nSPS) is 14.5. The monoisotopic (exact) mass is 1550 g/mol. The van der Waals surface area contributed by atoms with Gasteiger partial charge < -0.3 is 33.8 Å². The van der Waals surface area contributed by atoms with Crippen molar-refractivity contribution >= 4 is 39.5 Å². The lowest BCUT2D eigenvalue weighted by Crippen LogP contribution is -2.30. The summed E-state index contributed by atoms with van der Waals surface area (Å²) in [6.45, 7) is 4.57. The summed E-state index contributed by atoms with van der Waals surface area (Å²) in [6, 6.07) is 0. The predicted molar refractivity (Wildman–Crippen MR) is 445 cm³/mol. The van der Waals surface area contributed by atoms with Crippen LogP contribution in [-0.4, -0.2) is 96.7 Å². The molecule has 3 N–H and O–H groups in total. The minimum atomic E-state index is -5.00. The number of carbonyl (C=O) groups excluding carboxylic acids is 4. The second-order valence-electron chi connectivity index (χ2n) is 27.6. The van der Waals surface area contributed by atoms with E-state index in [4.69, 9.17) is 37.0 Å². The van der Waals surface area contributed by atoms with Gasteiger partial charge in [-0.15, -0.1) is 0 Å². The van der Waals surface area contributed by atoms with Crippen LogP contribution >= 0.6 is 15.6 Å². The topological polar surface area (TPSA) is 237 Å². The Balaban J connectivity index is 5.42. The Kier molecular flexibility index (Phi) is 76.3. The maximum absolute atomic E-state index is 13.1. The van der Waals surface area contributed by atoms with Crippen molar-refractivity contribution in [1.82, 2.24) is 0 Å². The molecule has 0 aromatic rings. The number of carbonyl (C=O) groups is 4. The van der Waals surface area contributed by atoms with Crippen LogP contribution in [0.3, 0.4) is 0 Å². The van der Waals surface area contributed by atoms with E-state index < -0.39 is 97.5 Å². The molecule has 108 heavy (non-hydrogen) atoms. The summed E-state index contributed by atoms with van der Waals surface area (Å²) in [5, 5.41) is 10.7. The molecule has 0 saturated carbocycles. The van der Waals surface area contributed by atoms with Crippen LogP contribution in [0.25, 0.3) is 0 Å². The molecule has 5 unspecified atom stereocenters. The summed E-state index contributed by atoms with van der Waals surface area (Å²) in [6.07, 6.45) is 92.3. The fourth-order valence-corrected chi connectivity index (χ4v) is 12.5. The van der Waals surface area contributed by atoms with Gasteiger partial charge in [0.05, 0.1) is 26.4 Å². The zero-order valence-electron chi connectivity index (χ0n) is 67.7. The highest BCUT2D eigenvalue weighted by molar-refractivity contribution is 7.47. The predicted octanol–water partition coefficient (Wildman–Crippen LogP) is 25.0. The highest BCUT2D eigenvalue weighted by Gasteiger charge is 2.30.